The maximum Gasteiger partial charge on any atom is 0.222 e. The number of ether oxygens (including phenoxy) is 1. The van der Waals surface area contributed by atoms with Crippen molar-refractivity contribution >= 4 is 32.7 Å². The van der Waals surface area contributed by atoms with E-state index in [1.165, 1.54) is 5.56 Å². The van der Waals surface area contributed by atoms with Crippen LogP contribution in [0.15, 0.2) is 65.3 Å². The lowest BCUT2D eigenvalue weighted by atomic mass is 10.1. The molecule has 0 atom stereocenters. The number of halogens is 1. The molecule has 5 heteroatoms. The molecule has 1 aliphatic heterocycles. The topological polar surface area (TPSA) is 42.4 Å². The van der Waals surface area contributed by atoms with Crippen molar-refractivity contribution < 1.29 is 9.53 Å². The number of benzene rings is 2. The monoisotopic (exact) mass is 438 g/mol. The lowest BCUT2D eigenvalue weighted by Gasteiger charge is -2.32. The molecule has 1 aromatic heterocycles. The molecule has 2 heterocycles. The highest BCUT2D eigenvalue weighted by atomic mass is 79.9. The molecule has 1 fully saturated rings. The average Bonchev–Trinajstić information content (AvgIpc) is 2.74. The van der Waals surface area contributed by atoms with Gasteiger partial charge in [-0.05, 0) is 30.2 Å². The Kier molecular flexibility index (Phi) is 5.91. The van der Waals surface area contributed by atoms with Gasteiger partial charge in [0.1, 0.15) is 17.4 Å². The van der Waals surface area contributed by atoms with Gasteiger partial charge in [0.15, 0.2) is 0 Å². The summed E-state index contributed by atoms with van der Waals surface area (Å²) in [7, 11) is 0. The Morgan fingerprint density at radius 2 is 1.86 bits per heavy atom. The molecule has 4 nitrogen and oxygen atoms in total. The average molecular weight is 439 g/mol. The number of amides is 1. The first-order valence-corrected chi connectivity index (χ1v) is 10.5. The van der Waals surface area contributed by atoms with Crippen LogP contribution < -0.4 is 4.74 Å². The number of hydrogen-bond acceptors (Lipinski definition) is 3. The van der Waals surface area contributed by atoms with Crippen molar-refractivity contribution in [2.24, 2.45) is 0 Å². The van der Waals surface area contributed by atoms with Crippen LogP contribution in [0.3, 0.4) is 0 Å². The van der Waals surface area contributed by atoms with E-state index < -0.39 is 0 Å². The van der Waals surface area contributed by atoms with Crippen LogP contribution in [0, 0.1) is 0 Å². The first-order valence-electron chi connectivity index (χ1n) is 9.72. The van der Waals surface area contributed by atoms with Gasteiger partial charge in [-0.15, -0.1) is 0 Å². The second-order valence-electron chi connectivity index (χ2n) is 7.12. The minimum absolute atomic E-state index is 0.125. The smallest absolute Gasteiger partial charge is 0.222 e. The van der Waals surface area contributed by atoms with Crippen LogP contribution in [0.1, 0.15) is 24.8 Å². The molecule has 1 aliphatic rings. The first-order chi connectivity index (χ1) is 13.7. The zero-order valence-electron chi connectivity index (χ0n) is 15.7. The Balaban J connectivity index is 1.30. The molecule has 1 amide bonds. The number of fused-ring (bicyclic) bond motifs is 1. The highest BCUT2D eigenvalue weighted by molar-refractivity contribution is 9.10. The van der Waals surface area contributed by atoms with E-state index in [1.807, 2.05) is 53.4 Å². The SMILES string of the molecule is O=C(CCc1ccccc1Br)N1CCC(Oc2cccc3cccnc23)CC1. The van der Waals surface area contributed by atoms with Crippen LogP contribution in [0.4, 0.5) is 0 Å². The predicted molar refractivity (Wildman–Crippen MR) is 114 cm³/mol. The third-order valence-corrected chi connectivity index (χ3v) is 6.02. The molecule has 0 bridgehead atoms. The standard InChI is InChI=1S/C23H23BrN2O2/c24-20-8-2-1-5-17(20)10-11-22(27)26-15-12-19(13-16-26)28-21-9-3-6-18-7-4-14-25-23(18)21/h1-9,14,19H,10-13,15-16H2. The third-order valence-electron chi connectivity index (χ3n) is 5.25. The summed E-state index contributed by atoms with van der Waals surface area (Å²) in [6, 6.07) is 18.1. The lowest BCUT2D eigenvalue weighted by molar-refractivity contribution is -0.132. The van der Waals surface area contributed by atoms with Gasteiger partial charge >= 0.3 is 0 Å². The number of piperidine rings is 1. The van der Waals surface area contributed by atoms with Crippen LogP contribution in [-0.2, 0) is 11.2 Å². The minimum atomic E-state index is 0.125. The number of carbonyl (C=O) groups excluding carboxylic acids is 1. The summed E-state index contributed by atoms with van der Waals surface area (Å²) < 4.78 is 7.30. The van der Waals surface area contributed by atoms with Gasteiger partial charge in [0.05, 0.1) is 0 Å². The van der Waals surface area contributed by atoms with E-state index in [-0.39, 0.29) is 12.0 Å². The maximum atomic E-state index is 12.6. The van der Waals surface area contributed by atoms with Crippen LogP contribution in [0.25, 0.3) is 10.9 Å². The van der Waals surface area contributed by atoms with Crippen molar-refractivity contribution in [3.63, 3.8) is 0 Å². The molecule has 0 unspecified atom stereocenters. The molecule has 3 aromatic rings. The number of likely N-dealkylation sites (tertiary alicyclic amines) is 1. The number of hydrogen-bond donors (Lipinski definition) is 0. The van der Waals surface area contributed by atoms with E-state index in [1.54, 1.807) is 6.20 Å². The van der Waals surface area contributed by atoms with Gasteiger partial charge in [-0.3, -0.25) is 9.78 Å². The molecule has 0 spiro atoms. The minimum Gasteiger partial charge on any atom is -0.488 e. The second kappa shape index (κ2) is 8.74. The summed E-state index contributed by atoms with van der Waals surface area (Å²) >= 11 is 3.55. The Bertz CT molecular complexity index is 962. The largest absolute Gasteiger partial charge is 0.488 e. The molecule has 0 N–H and O–H groups in total. The maximum absolute atomic E-state index is 12.6. The highest BCUT2D eigenvalue weighted by Gasteiger charge is 2.24. The summed E-state index contributed by atoms with van der Waals surface area (Å²) in [5, 5.41) is 1.08. The summed E-state index contributed by atoms with van der Waals surface area (Å²) in [5.74, 6) is 1.05. The van der Waals surface area contributed by atoms with Gasteiger partial charge in [-0.1, -0.05) is 52.3 Å². The van der Waals surface area contributed by atoms with Crippen LogP contribution in [-0.4, -0.2) is 35.0 Å². The molecule has 144 valence electrons. The van der Waals surface area contributed by atoms with Crippen LogP contribution >= 0.6 is 15.9 Å². The summed E-state index contributed by atoms with van der Waals surface area (Å²) in [4.78, 5) is 19.0. The highest BCUT2D eigenvalue weighted by Crippen LogP contribution is 2.26. The Labute approximate surface area is 173 Å². The Hall–Kier alpha value is -2.40. The van der Waals surface area contributed by atoms with Crippen molar-refractivity contribution in [3.8, 4) is 5.75 Å². The Morgan fingerprint density at radius 3 is 2.68 bits per heavy atom. The molecule has 0 aliphatic carbocycles. The molecule has 2 aromatic carbocycles. The fourth-order valence-electron chi connectivity index (χ4n) is 3.67. The molecular formula is C23H23BrN2O2. The van der Waals surface area contributed by atoms with Gasteiger partial charge < -0.3 is 9.64 Å². The van der Waals surface area contributed by atoms with Crippen molar-refractivity contribution in [3.05, 3.63) is 70.8 Å². The number of para-hydroxylation sites is 1. The van der Waals surface area contributed by atoms with Gasteiger partial charge in [0, 0.05) is 48.4 Å². The van der Waals surface area contributed by atoms with Crippen molar-refractivity contribution in [2.45, 2.75) is 31.8 Å². The van der Waals surface area contributed by atoms with E-state index in [2.05, 4.69) is 27.0 Å². The molecule has 1 saturated heterocycles. The van der Waals surface area contributed by atoms with Gasteiger partial charge in [-0.25, -0.2) is 0 Å². The molecular weight excluding hydrogens is 416 g/mol. The summed E-state index contributed by atoms with van der Waals surface area (Å²) in [6.45, 7) is 1.50. The predicted octanol–water partition coefficient (Wildman–Crippen LogP) is 5.00. The van der Waals surface area contributed by atoms with Gasteiger partial charge in [0.2, 0.25) is 5.91 Å². The van der Waals surface area contributed by atoms with E-state index in [4.69, 9.17) is 4.74 Å². The van der Waals surface area contributed by atoms with E-state index in [0.717, 1.165) is 53.5 Å². The van der Waals surface area contributed by atoms with Crippen molar-refractivity contribution in [1.29, 1.82) is 0 Å². The fourth-order valence-corrected chi connectivity index (χ4v) is 4.16. The van der Waals surface area contributed by atoms with Crippen LogP contribution in [0.2, 0.25) is 0 Å². The zero-order chi connectivity index (χ0) is 19.3. The summed E-state index contributed by atoms with van der Waals surface area (Å²) in [5.41, 5.74) is 2.08. The third kappa shape index (κ3) is 4.36. The molecule has 0 saturated carbocycles. The van der Waals surface area contributed by atoms with Gasteiger partial charge in [-0.2, -0.15) is 0 Å². The second-order valence-corrected chi connectivity index (χ2v) is 7.98. The molecule has 28 heavy (non-hydrogen) atoms. The van der Waals surface area contributed by atoms with E-state index >= 15 is 0 Å². The van der Waals surface area contributed by atoms with Crippen molar-refractivity contribution in [2.75, 3.05) is 13.1 Å². The van der Waals surface area contributed by atoms with Crippen molar-refractivity contribution in [1.82, 2.24) is 9.88 Å². The first kappa shape index (κ1) is 18.9. The number of aromatic nitrogens is 1. The number of nitrogens with zero attached hydrogens (tertiary/aromatic N) is 2. The number of rotatable bonds is 5. The number of aryl methyl sites for hydroxylation is 1. The molecule has 4 rings (SSSR count). The number of carbonyl (C=O) groups is 1. The number of pyridine rings is 1. The fraction of sp³-hybridized carbons (Fsp3) is 0.304. The van der Waals surface area contributed by atoms with E-state index in [9.17, 15) is 4.79 Å². The normalized spacial score (nSPS) is 15.0. The van der Waals surface area contributed by atoms with Gasteiger partial charge in [0.25, 0.3) is 0 Å². The lowest BCUT2D eigenvalue weighted by Crippen LogP contribution is -2.41. The Morgan fingerprint density at radius 1 is 1.07 bits per heavy atom. The summed E-state index contributed by atoms with van der Waals surface area (Å²) in [6.07, 6.45) is 4.93. The van der Waals surface area contributed by atoms with E-state index in [0.29, 0.717) is 6.42 Å². The quantitative estimate of drug-likeness (QED) is 0.562. The molecule has 0 radical (unpaired) electrons. The zero-order valence-corrected chi connectivity index (χ0v) is 17.3. The van der Waals surface area contributed by atoms with Crippen LogP contribution in [0.5, 0.6) is 5.75 Å².